The Morgan fingerprint density at radius 3 is 2.75 bits per heavy atom. The minimum Gasteiger partial charge on any atom is -0.467 e. The van der Waals surface area contributed by atoms with Gasteiger partial charge in [-0.15, -0.1) is 11.3 Å². The molecule has 1 N–H and O–H groups in total. The number of methoxy groups -OCH3 is 1. The largest absolute Gasteiger partial charge is 0.467 e. The Hall–Kier alpha value is -1.67. The number of rotatable bonds is 7. The molecule has 0 radical (unpaired) electrons. The number of carbonyl (C=O) groups is 2. The van der Waals surface area contributed by atoms with Crippen LogP contribution in [0.1, 0.15) is 49.4 Å². The van der Waals surface area contributed by atoms with Gasteiger partial charge in [-0.3, -0.25) is 4.79 Å². The predicted octanol–water partition coefficient (Wildman–Crippen LogP) is 3.67. The Bertz CT molecular complexity index is 881. The van der Waals surface area contributed by atoms with E-state index in [9.17, 15) is 9.59 Å². The van der Waals surface area contributed by atoms with E-state index in [0.29, 0.717) is 0 Å². The van der Waals surface area contributed by atoms with Crippen LogP contribution in [0, 0.1) is 12.8 Å². The molecule has 152 valence electrons. The fourth-order valence-electron chi connectivity index (χ4n) is 3.48. The predicted molar refractivity (Wildman–Crippen MR) is 113 cm³/mol. The molecule has 0 spiro atoms. The maximum atomic E-state index is 12.5. The lowest BCUT2D eigenvalue weighted by atomic mass is 9.97. The Kier molecular flexibility index (Phi) is 6.93. The van der Waals surface area contributed by atoms with Crippen LogP contribution in [0.2, 0.25) is 0 Å². The molecule has 0 fully saturated rings. The third kappa shape index (κ3) is 4.49. The molecule has 3 rings (SSSR count). The molecular formula is C20H27N3O3S2. The number of ether oxygens (including phenoxy) is 1. The van der Waals surface area contributed by atoms with Crippen molar-refractivity contribution in [2.75, 3.05) is 12.9 Å². The number of esters is 1. The minimum atomic E-state index is -0.621. The van der Waals surface area contributed by atoms with Crippen molar-refractivity contribution in [3.8, 4) is 0 Å². The maximum Gasteiger partial charge on any atom is 0.328 e. The second-order valence-electron chi connectivity index (χ2n) is 7.21. The summed E-state index contributed by atoms with van der Waals surface area (Å²) in [7, 11) is 1.35. The first-order valence-electron chi connectivity index (χ1n) is 9.73. The van der Waals surface area contributed by atoms with Crippen molar-refractivity contribution in [2.24, 2.45) is 5.92 Å². The Labute approximate surface area is 173 Å². The third-order valence-electron chi connectivity index (χ3n) is 5.22. The standard InChI is InChI=1S/C20H27N3O3S2/c1-5-11(2)17(20(25)26-4)23-15(24)10-27-18-16-13-8-6-7-9-14(13)28-19(16)22-12(3)21-18/h11,17H,5-10H2,1-4H3,(H,23,24)/t11-,17+/m0/s1. The van der Waals surface area contributed by atoms with Crippen molar-refractivity contribution >= 4 is 45.2 Å². The summed E-state index contributed by atoms with van der Waals surface area (Å²) in [6, 6.07) is -0.621. The van der Waals surface area contributed by atoms with E-state index in [0.717, 1.165) is 40.3 Å². The van der Waals surface area contributed by atoms with Gasteiger partial charge in [0.05, 0.1) is 12.9 Å². The molecule has 1 aliphatic rings. The van der Waals surface area contributed by atoms with Crippen molar-refractivity contribution in [3.05, 3.63) is 16.3 Å². The van der Waals surface area contributed by atoms with Crippen LogP contribution in [0.3, 0.4) is 0 Å². The number of hydrogen-bond donors (Lipinski definition) is 1. The molecule has 2 aromatic rings. The van der Waals surface area contributed by atoms with Crippen LogP contribution < -0.4 is 5.32 Å². The Morgan fingerprint density at radius 2 is 2.04 bits per heavy atom. The maximum absolute atomic E-state index is 12.5. The van der Waals surface area contributed by atoms with Crippen LogP contribution in [0.25, 0.3) is 10.2 Å². The number of thioether (sulfide) groups is 1. The van der Waals surface area contributed by atoms with Crippen LogP contribution in [0.4, 0.5) is 0 Å². The number of hydrogen-bond acceptors (Lipinski definition) is 7. The van der Waals surface area contributed by atoms with Crippen LogP contribution >= 0.6 is 23.1 Å². The minimum absolute atomic E-state index is 0.0123. The first kappa shape index (κ1) is 21.0. The average Bonchev–Trinajstić information content (AvgIpc) is 3.07. The van der Waals surface area contributed by atoms with Gasteiger partial charge >= 0.3 is 5.97 Å². The monoisotopic (exact) mass is 421 g/mol. The number of nitrogens with zero attached hydrogens (tertiary/aromatic N) is 2. The van der Waals surface area contributed by atoms with Crippen molar-refractivity contribution in [1.29, 1.82) is 0 Å². The van der Waals surface area contributed by atoms with Gasteiger partial charge in [-0.2, -0.15) is 0 Å². The van der Waals surface area contributed by atoms with E-state index in [-0.39, 0.29) is 17.6 Å². The van der Waals surface area contributed by atoms with Gasteiger partial charge in [-0.25, -0.2) is 14.8 Å². The van der Waals surface area contributed by atoms with Gasteiger partial charge in [0.1, 0.15) is 21.7 Å². The molecule has 0 saturated heterocycles. The topological polar surface area (TPSA) is 81.2 Å². The highest BCUT2D eigenvalue weighted by Crippen LogP contribution is 2.39. The van der Waals surface area contributed by atoms with Gasteiger partial charge in [-0.05, 0) is 44.1 Å². The summed E-state index contributed by atoms with van der Waals surface area (Å²) in [4.78, 5) is 36.2. The molecule has 0 aromatic carbocycles. The summed E-state index contributed by atoms with van der Waals surface area (Å²) in [6.45, 7) is 5.81. The molecule has 8 heteroatoms. The lowest BCUT2D eigenvalue weighted by Gasteiger charge is -2.21. The molecule has 2 heterocycles. The summed E-state index contributed by atoms with van der Waals surface area (Å²) in [6.07, 6.45) is 5.35. The fraction of sp³-hybridized carbons (Fsp3) is 0.600. The first-order valence-corrected chi connectivity index (χ1v) is 11.5. The average molecular weight is 422 g/mol. The van der Waals surface area contributed by atoms with E-state index >= 15 is 0 Å². The summed E-state index contributed by atoms with van der Waals surface area (Å²) >= 11 is 3.18. The van der Waals surface area contributed by atoms with Crippen LogP contribution in [0.15, 0.2) is 5.03 Å². The molecule has 6 nitrogen and oxygen atoms in total. The second kappa shape index (κ2) is 9.22. The van der Waals surface area contributed by atoms with Crippen molar-refractivity contribution in [1.82, 2.24) is 15.3 Å². The normalized spacial score (nSPS) is 15.7. The van der Waals surface area contributed by atoms with Gasteiger partial charge < -0.3 is 10.1 Å². The highest BCUT2D eigenvalue weighted by molar-refractivity contribution is 8.00. The summed E-state index contributed by atoms with van der Waals surface area (Å²) < 4.78 is 4.84. The van der Waals surface area contributed by atoms with Crippen LogP contribution in [-0.2, 0) is 27.2 Å². The van der Waals surface area contributed by atoms with Crippen LogP contribution in [-0.4, -0.2) is 40.7 Å². The molecule has 1 aliphatic carbocycles. The number of thiophene rings is 1. The molecule has 0 bridgehead atoms. The van der Waals surface area contributed by atoms with E-state index < -0.39 is 12.0 Å². The van der Waals surface area contributed by atoms with Crippen molar-refractivity contribution in [3.63, 3.8) is 0 Å². The Morgan fingerprint density at radius 1 is 1.29 bits per heavy atom. The number of aryl methyl sites for hydroxylation is 3. The molecule has 1 amide bonds. The van der Waals surface area contributed by atoms with Gasteiger partial charge in [0.25, 0.3) is 0 Å². The molecule has 2 aromatic heterocycles. The zero-order valence-corrected chi connectivity index (χ0v) is 18.5. The number of nitrogens with one attached hydrogen (secondary N) is 1. The lowest BCUT2D eigenvalue weighted by molar-refractivity contribution is -0.146. The number of carbonyl (C=O) groups excluding carboxylic acids is 2. The zero-order valence-electron chi connectivity index (χ0n) is 16.8. The highest BCUT2D eigenvalue weighted by Gasteiger charge is 2.27. The summed E-state index contributed by atoms with van der Waals surface area (Å²) in [5, 5.41) is 4.82. The van der Waals surface area contributed by atoms with Crippen LogP contribution in [0.5, 0.6) is 0 Å². The molecule has 2 atom stereocenters. The van der Waals surface area contributed by atoms with E-state index in [1.165, 1.54) is 42.2 Å². The Balaban J connectivity index is 1.76. The first-order chi connectivity index (χ1) is 13.4. The number of amides is 1. The van der Waals surface area contributed by atoms with E-state index in [1.807, 2.05) is 20.8 Å². The molecule has 0 aliphatic heterocycles. The molecular weight excluding hydrogens is 394 g/mol. The molecule has 0 saturated carbocycles. The smallest absolute Gasteiger partial charge is 0.328 e. The van der Waals surface area contributed by atoms with E-state index in [2.05, 4.69) is 15.3 Å². The van der Waals surface area contributed by atoms with Gasteiger partial charge in [0, 0.05) is 10.3 Å². The fourth-order valence-corrected chi connectivity index (χ4v) is 5.76. The number of aromatic nitrogens is 2. The van der Waals surface area contributed by atoms with Gasteiger partial charge in [0.15, 0.2) is 0 Å². The van der Waals surface area contributed by atoms with Gasteiger partial charge in [-0.1, -0.05) is 32.0 Å². The third-order valence-corrected chi connectivity index (χ3v) is 7.38. The van der Waals surface area contributed by atoms with E-state index in [1.54, 1.807) is 11.3 Å². The highest BCUT2D eigenvalue weighted by atomic mass is 32.2. The van der Waals surface area contributed by atoms with Crippen molar-refractivity contribution < 1.29 is 14.3 Å². The summed E-state index contributed by atoms with van der Waals surface area (Å²) in [5.74, 6) is 0.355. The second-order valence-corrected chi connectivity index (χ2v) is 9.26. The number of fused-ring (bicyclic) bond motifs is 3. The SMILES string of the molecule is CC[C@H](C)[C@@H](NC(=O)CSc1nc(C)nc2sc3c(c12)CCCC3)C(=O)OC. The summed E-state index contributed by atoms with van der Waals surface area (Å²) in [5.41, 5.74) is 1.36. The van der Waals surface area contributed by atoms with Gasteiger partial charge in [0.2, 0.25) is 5.91 Å². The van der Waals surface area contributed by atoms with Crippen molar-refractivity contribution in [2.45, 2.75) is 63.9 Å². The van der Waals surface area contributed by atoms with E-state index in [4.69, 9.17) is 4.74 Å². The zero-order chi connectivity index (χ0) is 20.3. The molecule has 28 heavy (non-hydrogen) atoms. The quantitative estimate of drug-likeness (QED) is 0.417. The molecule has 0 unspecified atom stereocenters. The lowest BCUT2D eigenvalue weighted by Crippen LogP contribution is -2.46.